The lowest BCUT2D eigenvalue weighted by Gasteiger charge is -2.08. The fourth-order valence-corrected chi connectivity index (χ4v) is 0.571. The van der Waals surface area contributed by atoms with Gasteiger partial charge in [-0.3, -0.25) is 0 Å². The maximum Gasteiger partial charge on any atom is 0.154 e. The molecule has 9 heavy (non-hydrogen) atoms. The lowest BCUT2D eigenvalue weighted by molar-refractivity contribution is 0.0925. The highest BCUT2D eigenvalue weighted by molar-refractivity contribution is 4.65. The third-order valence-corrected chi connectivity index (χ3v) is 1.13. The second-order valence-corrected chi connectivity index (χ2v) is 2.00. The largest absolute Gasteiger partial charge is 0.393 e. The van der Waals surface area contributed by atoms with Crippen LogP contribution >= 0.6 is 0 Å². The molecule has 0 aliphatic rings. The van der Waals surface area contributed by atoms with Gasteiger partial charge in [-0.1, -0.05) is 13.3 Å². The van der Waals surface area contributed by atoms with Gasteiger partial charge in [0.2, 0.25) is 0 Å². The summed E-state index contributed by atoms with van der Waals surface area (Å²) in [7, 11) is 0. The van der Waals surface area contributed by atoms with Crippen molar-refractivity contribution in [1.82, 2.24) is 0 Å². The Hall–Kier alpha value is -0.180. The molecular formula is C6H12F2O. The molecule has 0 heterocycles. The van der Waals surface area contributed by atoms with Crippen LogP contribution in [0.5, 0.6) is 0 Å². The molecule has 56 valence electrons. The van der Waals surface area contributed by atoms with Crippen molar-refractivity contribution in [1.29, 1.82) is 0 Å². The molecule has 0 rings (SSSR count). The van der Waals surface area contributed by atoms with E-state index >= 15 is 0 Å². The van der Waals surface area contributed by atoms with Crippen LogP contribution in [0.25, 0.3) is 0 Å². The van der Waals surface area contributed by atoms with E-state index in [1.54, 1.807) is 6.92 Å². The monoisotopic (exact) mass is 138 g/mol. The Morgan fingerprint density at radius 2 is 1.89 bits per heavy atom. The molecule has 0 aromatic heterocycles. The van der Waals surface area contributed by atoms with E-state index in [0.717, 1.165) is 0 Å². The van der Waals surface area contributed by atoms with E-state index in [1.807, 2.05) is 0 Å². The second-order valence-electron chi connectivity index (χ2n) is 2.00. The van der Waals surface area contributed by atoms with Crippen molar-refractivity contribution < 1.29 is 13.9 Å². The van der Waals surface area contributed by atoms with Gasteiger partial charge >= 0.3 is 0 Å². The normalized spacial score (nSPS) is 17.3. The molecule has 0 aliphatic carbocycles. The van der Waals surface area contributed by atoms with E-state index < -0.39 is 19.0 Å². The maximum atomic E-state index is 12.3. The Bertz CT molecular complexity index is 68.1. The molecule has 0 fully saturated rings. The van der Waals surface area contributed by atoms with E-state index in [9.17, 15) is 8.78 Å². The summed E-state index contributed by atoms with van der Waals surface area (Å²) in [6.07, 6.45) is -2.37. The zero-order chi connectivity index (χ0) is 7.28. The summed E-state index contributed by atoms with van der Waals surface area (Å²) >= 11 is 0. The summed E-state index contributed by atoms with van der Waals surface area (Å²) in [5.74, 6) is 0. The minimum absolute atomic E-state index is 0.196. The van der Waals surface area contributed by atoms with Crippen LogP contribution in [0.3, 0.4) is 0 Å². The van der Waals surface area contributed by atoms with Gasteiger partial charge < -0.3 is 5.11 Å². The van der Waals surface area contributed by atoms with Gasteiger partial charge in [0, 0.05) is 0 Å². The molecule has 0 spiro atoms. The summed E-state index contributed by atoms with van der Waals surface area (Å²) < 4.78 is 24.3. The van der Waals surface area contributed by atoms with Crippen molar-refractivity contribution in [3.63, 3.8) is 0 Å². The number of hydrogen-bond acceptors (Lipinski definition) is 1. The molecule has 1 N–H and O–H groups in total. The summed E-state index contributed by atoms with van der Waals surface area (Å²) in [5, 5.41) is 8.12. The molecule has 0 saturated heterocycles. The van der Waals surface area contributed by atoms with Gasteiger partial charge in [0.05, 0.1) is 6.61 Å². The van der Waals surface area contributed by atoms with E-state index in [4.69, 9.17) is 5.11 Å². The number of alkyl halides is 2. The van der Waals surface area contributed by atoms with Crippen molar-refractivity contribution in [2.45, 2.75) is 32.1 Å². The van der Waals surface area contributed by atoms with Crippen molar-refractivity contribution in [2.75, 3.05) is 6.61 Å². The molecule has 0 radical (unpaired) electrons. The van der Waals surface area contributed by atoms with Crippen LogP contribution in [0.2, 0.25) is 0 Å². The van der Waals surface area contributed by atoms with Crippen LogP contribution in [-0.2, 0) is 0 Å². The Kier molecular flexibility index (Phi) is 4.58. The molecular weight excluding hydrogens is 126 g/mol. The Morgan fingerprint density at radius 1 is 1.33 bits per heavy atom. The molecule has 3 heteroatoms. The standard InChI is InChI=1S/C6H12F2O/c1-2-3-5(7)6(8)4-9/h5-6,9H,2-4H2,1H3/t5-,6-/m0/s1. The highest BCUT2D eigenvalue weighted by atomic mass is 19.2. The van der Waals surface area contributed by atoms with E-state index in [1.165, 1.54) is 0 Å². The molecule has 0 saturated carbocycles. The fourth-order valence-electron chi connectivity index (χ4n) is 0.571. The maximum absolute atomic E-state index is 12.3. The topological polar surface area (TPSA) is 20.2 Å². The number of hydrogen-bond donors (Lipinski definition) is 1. The number of aliphatic hydroxyl groups is 1. The minimum Gasteiger partial charge on any atom is -0.393 e. The Balaban J connectivity index is 3.32. The van der Waals surface area contributed by atoms with Crippen LogP contribution < -0.4 is 0 Å². The number of rotatable bonds is 4. The first-order chi connectivity index (χ1) is 4.22. The average molecular weight is 138 g/mol. The predicted octanol–water partition coefficient (Wildman–Crippen LogP) is 1.45. The first-order valence-corrected chi connectivity index (χ1v) is 3.11. The van der Waals surface area contributed by atoms with Crippen LogP contribution in [-0.4, -0.2) is 24.1 Å². The molecule has 0 amide bonds. The van der Waals surface area contributed by atoms with Crippen molar-refractivity contribution in [3.8, 4) is 0 Å². The highest BCUT2D eigenvalue weighted by Gasteiger charge is 2.17. The number of aliphatic hydroxyl groups excluding tert-OH is 1. The van der Waals surface area contributed by atoms with Crippen LogP contribution in [0, 0.1) is 0 Å². The Morgan fingerprint density at radius 3 is 2.22 bits per heavy atom. The first kappa shape index (κ1) is 8.82. The van der Waals surface area contributed by atoms with E-state index in [-0.39, 0.29) is 6.42 Å². The Labute approximate surface area is 53.7 Å². The summed E-state index contributed by atoms with van der Waals surface area (Å²) in [6.45, 7) is 1.07. The van der Waals surface area contributed by atoms with Gasteiger partial charge in [-0.05, 0) is 6.42 Å². The third kappa shape index (κ3) is 3.40. The summed E-state index contributed by atoms with van der Waals surface area (Å²) in [6, 6.07) is 0. The van der Waals surface area contributed by atoms with Gasteiger partial charge in [0.1, 0.15) is 6.17 Å². The minimum atomic E-state index is -1.69. The molecule has 0 aromatic rings. The molecule has 0 bridgehead atoms. The first-order valence-electron chi connectivity index (χ1n) is 3.11. The molecule has 0 aromatic carbocycles. The lowest BCUT2D eigenvalue weighted by Crippen LogP contribution is -2.20. The van der Waals surface area contributed by atoms with E-state index in [0.29, 0.717) is 6.42 Å². The van der Waals surface area contributed by atoms with Crippen LogP contribution in [0.4, 0.5) is 8.78 Å². The molecule has 2 atom stereocenters. The third-order valence-electron chi connectivity index (χ3n) is 1.13. The fraction of sp³-hybridized carbons (Fsp3) is 1.00. The quantitative estimate of drug-likeness (QED) is 0.623. The lowest BCUT2D eigenvalue weighted by atomic mass is 10.1. The zero-order valence-corrected chi connectivity index (χ0v) is 5.48. The summed E-state index contributed by atoms with van der Waals surface area (Å²) in [5.41, 5.74) is 0. The van der Waals surface area contributed by atoms with Gasteiger partial charge in [-0.2, -0.15) is 0 Å². The average Bonchev–Trinajstić information content (AvgIpc) is 1.87. The SMILES string of the molecule is CCC[C@H](F)[C@@H](F)CO. The van der Waals surface area contributed by atoms with Crippen molar-refractivity contribution in [3.05, 3.63) is 0 Å². The van der Waals surface area contributed by atoms with Gasteiger partial charge in [-0.15, -0.1) is 0 Å². The summed E-state index contributed by atoms with van der Waals surface area (Å²) in [4.78, 5) is 0. The van der Waals surface area contributed by atoms with Gasteiger partial charge in [0.25, 0.3) is 0 Å². The highest BCUT2D eigenvalue weighted by Crippen LogP contribution is 2.09. The molecule has 0 aliphatic heterocycles. The van der Waals surface area contributed by atoms with Crippen LogP contribution in [0.1, 0.15) is 19.8 Å². The number of halogens is 2. The van der Waals surface area contributed by atoms with Gasteiger partial charge in [-0.25, -0.2) is 8.78 Å². The molecule has 0 unspecified atom stereocenters. The molecule has 1 nitrogen and oxygen atoms in total. The smallest absolute Gasteiger partial charge is 0.154 e. The van der Waals surface area contributed by atoms with Gasteiger partial charge in [0.15, 0.2) is 6.17 Å². The predicted molar refractivity (Wildman–Crippen MR) is 31.8 cm³/mol. The second kappa shape index (κ2) is 4.68. The van der Waals surface area contributed by atoms with E-state index in [2.05, 4.69) is 0 Å². The van der Waals surface area contributed by atoms with Crippen molar-refractivity contribution in [2.24, 2.45) is 0 Å². The van der Waals surface area contributed by atoms with Crippen LogP contribution in [0.15, 0.2) is 0 Å². The zero-order valence-electron chi connectivity index (χ0n) is 5.48. The van der Waals surface area contributed by atoms with Crippen molar-refractivity contribution >= 4 is 0 Å².